The molecule has 0 aliphatic heterocycles. The minimum Gasteiger partial charge on any atom is -0.394 e. The molecule has 13 heavy (non-hydrogen) atoms. The van der Waals surface area contributed by atoms with Crippen LogP contribution < -0.4 is 0 Å². The molecule has 0 aromatic carbocycles. The summed E-state index contributed by atoms with van der Waals surface area (Å²) in [5.74, 6) is 0.411. The number of ether oxygens (including phenoxy) is 1. The van der Waals surface area contributed by atoms with E-state index in [9.17, 15) is 4.39 Å². The van der Waals surface area contributed by atoms with E-state index in [1.165, 1.54) is 0 Å². The van der Waals surface area contributed by atoms with Crippen molar-refractivity contribution in [3.63, 3.8) is 0 Å². The normalized spacial score (nSPS) is 40.4. The van der Waals surface area contributed by atoms with Crippen LogP contribution in [0.3, 0.4) is 0 Å². The monoisotopic (exact) mass is 190 g/mol. The molecule has 3 atom stereocenters. The summed E-state index contributed by atoms with van der Waals surface area (Å²) < 4.78 is 18.6. The minimum atomic E-state index is -1.53. The van der Waals surface area contributed by atoms with Gasteiger partial charge >= 0.3 is 0 Å². The zero-order chi connectivity index (χ0) is 9.47. The molecule has 4 heteroatoms. The molecule has 3 nitrogen and oxygen atoms in total. The van der Waals surface area contributed by atoms with Gasteiger partial charge in [-0.2, -0.15) is 0 Å². The third-order valence-corrected chi connectivity index (χ3v) is 2.87. The third-order valence-electron chi connectivity index (χ3n) is 2.87. The fraction of sp³-hybridized carbons (Fsp3) is 1.00. The first kappa shape index (κ1) is 9.37. The second-order valence-corrected chi connectivity index (χ2v) is 4.08. The van der Waals surface area contributed by atoms with Gasteiger partial charge < -0.3 is 14.9 Å². The van der Waals surface area contributed by atoms with Crippen LogP contribution in [0.1, 0.15) is 19.3 Å². The summed E-state index contributed by atoms with van der Waals surface area (Å²) in [7, 11) is 0. The second-order valence-electron chi connectivity index (χ2n) is 4.08. The highest BCUT2D eigenvalue weighted by Gasteiger charge is 2.58. The van der Waals surface area contributed by atoms with Crippen molar-refractivity contribution in [2.75, 3.05) is 13.2 Å². The highest BCUT2D eigenvalue weighted by Crippen LogP contribution is 2.45. The summed E-state index contributed by atoms with van der Waals surface area (Å²) in [5.41, 5.74) is -1.53. The van der Waals surface area contributed by atoms with Gasteiger partial charge in [0.05, 0.1) is 25.4 Å². The SMILES string of the molecule is OCC(OC1CC1(F)CO)C1CC1. The zero-order valence-electron chi connectivity index (χ0n) is 7.45. The predicted molar refractivity (Wildman–Crippen MR) is 44.0 cm³/mol. The molecule has 0 amide bonds. The number of halogens is 1. The van der Waals surface area contributed by atoms with Crippen molar-refractivity contribution < 1.29 is 19.3 Å². The summed E-state index contributed by atoms with van der Waals surface area (Å²) in [5, 5.41) is 17.6. The molecule has 2 fully saturated rings. The van der Waals surface area contributed by atoms with Crippen molar-refractivity contribution in [3.8, 4) is 0 Å². The lowest BCUT2D eigenvalue weighted by Gasteiger charge is -2.15. The van der Waals surface area contributed by atoms with Crippen LogP contribution in [0, 0.1) is 5.92 Å². The lowest BCUT2D eigenvalue weighted by Crippen LogP contribution is -2.25. The number of aliphatic hydroxyl groups excluding tert-OH is 2. The number of aliphatic hydroxyl groups is 2. The zero-order valence-corrected chi connectivity index (χ0v) is 7.45. The quantitative estimate of drug-likeness (QED) is 0.653. The molecule has 3 unspecified atom stereocenters. The average Bonchev–Trinajstić information content (AvgIpc) is 2.98. The Bertz CT molecular complexity index is 195. The molecular formula is C9H15FO3. The van der Waals surface area contributed by atoms with E-state index in [4.69, 9.17) is 14.9 Å². The topological polar surface area (TPSA) is 49.7 Å². The molecule has 76 valence electrons. The standard InChI is InChI=1S/C9H15FO3/c10-9(5-12)3-8(9)13-7(4-11)6-1-2-6/h6-8,11-12H,1-5H2. The van der Waals surface area contributed by atoms with Gasteiger partial charge in [0.2, 0.25) is 0 Å². The molecule has 0 aromatic heterocycles. The molecule has 2 N–H and O–H groups in total. The van der Waals surface area contributed by atoms with E-state index in [0.29, 0.717) is 5.92 Å². The number of alkyl halides is 1. The van der Waals surface area contributed by atoms with Gasteiger partial charge in [0.1, 0.15) is 0 Å². The summed E-state index contributed by atoms with van der Waals surface area (Å²) in [6.07, 6.45) is 1.70. The molecule has 2 aliphatic rings. The summed E-state index contributed by atoms with van der Waals surface area (Å²) in [6, 6.07) is 0. The Labute approximate surface area is 76.5 Å². The maximum Gasteiger partial charge on any atom is 0.162 e. The van der Waals surface area contributed by atoms with Gasteiger partial charge in [0.25, 0.3) is 0 Å². The Morgan fingerprint density at radius 1 is 1.46 bits per heavy atom. The van der Waals surface area contributed by atoms with Crippen molar-refractivity contribution in [3.05, 3.63) is 0 Å². The van der Waals surface area contributed by atoms with Crippen LogP contribution in [0.4, 0.5) is 4.39 Å². The smallest absolute Gasteiger partial charge is 0.162 e. The highest BCUT2D eigenvalue weighted by molar-refractivity contribution is 5.06. The summed E-state index contributed by atoms with van der Waals surface area (Å²) >= 11 is 0. The van der Waals surface area contributed by atoms with Crippen LogP contribution in [0.15, 0.2) is 0 Å². The maximum atomic E-state index is 13.2. The van der Waals surface area contributed by atoms with Crippen molar-refractivity contribution >= 4 is 0 Å². The van der Waals surface area contributed by atoms with Crippen LogP contribution in [0.5, 0.6) is 0 Å². The Morgan fingerprint density at radius 3 is 2.54 bits per heavy atom. The van der Waals surface area contributed by atoms with Gasteiger partial charge in [-0.05, 0) is 18.8 Å². The Balaban J connectivity index is 1.78. The first-order valence-electron chi connectivity index (χ1n) is 4.75. The van der Waals surface area contributed by atoms with Gasteiger partial charge in [0.15, 0.2) is 5.67 Å². The average molecular weight is 190 g/mol. The minimum absolute atomic E-state index is 0.0390. The van der Waals surface area contributed by atoms with Crippen molar-refractivity contribution in [2.45, 2.75) is 37.1 Å². The Hall–Kier alpha value is -0.190. The lowest BCUT2D eigenvalue weighted by atomic mass is 10.2. The van der Waals surface area contributed by atoms with Gasteiger partial charge in [-0.1, -0.05) is 0 Å². The number of hydrogen-bond acceptors (Lipinski definition) is 3. The molecule has 2 rings (SSSR count). The molecule has 0 heterocycles. The first-order chi connectivity index (χ1) is 6.19. The van der Waals surface area contributed by atoms with Gasteiger partial charge in [-0.15, -0.1) is 0 Å². The van der Waals surface area contributed by atoms with Gasteiger partial charge in [-0.25, -0.2) is 4.39 Å². The van der Waals surface area contributed by atoms with Crippen molar-refractivity contribution in [1.29, 1.82) is 0 Å². The maximum absolute atomic E-state index is 13.2. The fourth-order valence-corrected chi connectivity index (χ4v) is 1.57. The van der Waals surface area contributed by atoms with Crippen LogP contribution >= 0.6 is 0 Å². The van der Waals surface area contributed by atoms with Crippen LogP contribution in [-0.4, -0.2) is 41.3 Å². The molecule has 0 saturated heterocycles. The fourth-order valence-electron chi connectivity index (χ4n) is 1.57. The molecular weight excluding hydrogens is 175 g/mol. The summed E-state index contributed by atoms with van der Waals surface area (Å²) in [4.78, 5) is 0. The number of hydrogen-bond donors (Lipinski definition) is 2. The lowest BCUT2D eigenvalue weighted by molar-refractivity contribution is -0.0371. The Kier molecular flexibility index (Phi) is 2.30. The third kappa shape index (κ3) is 1.85. The van der Waals surface area contributed by atoms with E-state index in [2.05, 4.69) is 0 Å². The molecule has 2 aliphatic carbocycles. The van der Waals surface area contributed by atoms with Crippen molar-refractivity contribution in [1.82, 2.24) is 0 Å². The molecule has 0 spiro atoms. The van der Waals surface area contributed by atoms with Crippen LogP contribution in [0.25, 0.3) is 0 Å². The molecule has 0 radical (unpaired) electrons. The van der Waals surface area contributed by atoms with E-state index in [1.54, 1.807) is 0 Å². The van der Waals surface area contributed by atoms with E-state index >= 15 is 0 Å². The van der Waals surface area contributed by atoms with E-state index < -0.39 is 18.4 Å². The second kappa shape index (κ2) is 3.19. The Morgan fingerprint density at radius 2 is 2.15 bits per heavy atom. The van der Waals surface area contributed by atoms with E-state index in [1.807, 2.05) is 0 Å². The molecule has 0 bridgehead atoms. The van der Waals surface area contributed by atoms with E-state index in [0.717, 1.165) is 12.8 Å². The van der Waals surface area contributed by atoms with Crippen molar-refractivity contribution in [2.24, 2.45) is 5.92 Å². The van der Waals surface area contributed by atoms with E-state index in [-0.39, 0.29) is 19.1 Å². The largest absolute Gasteiger partial charge is 0.394 e. The first-order valence-corrected chi connectivity index (χ1v) is 4.75. The summed E-state index contributed by atoms with van der Waals surface area (Å²) in [6.45, 7) is -0.511. The van der Waals surface area contributed by atoms with Gasteiger partial charge in [0, 0.05) is 6.42 Å². The van der Waals surface area contributed by atoms with Gasteiger partial charge in [-0.3, -0.25) is 0 Å². The molecule has 2 saturated carbocycles. The van der Waals surface area contributed by atoms with Crippen LogP contribution in [0.2, 0.25) is 0 Å². The highest BCUT2D eigenvalue weighted by atomic mass is 19.1. The molecule has 0 aromatic rings. The number of rotatable bonds is 5. The van der Waals surface area contributed by atoms with Crippen LogP contribution in [-0.2, 0) is 4.74 Å². The predicted octanol–water partition coefficient (Wildman–Crippen LogP) is 0.247.